The van der Waals surface area contributed by atoms with Crippen molar-refractivity contribution in [2.24, 2.45) is 0 Å². The van der Waals surface area contributed by atoms with E-state index in [0.29, 0.717) is 22.8 Å². The number of furan rings is 1. The normalized spacial score (nSPS) is 10.5. The van der Waals surface area contributed by atoms with Gasteiger partial charge in [-0.1, -0.05) is 0 Å². The van der Waals surface area contributed by atoms with Crippen molar-refractivity contribution in [1.29, 1.82) is 0 Å². The summed E-state index contributed by atoms with van der Waals surface area (Å²) < 4.78 is 10.7. The molecule has 0 saturated heterocycles. The Balaban J connectivity index is 2.31. The van der Waals surface area contributed by atoms with Crippen molar-refractivity contribution in [3.05, 3.63) is 47.4 Å². The summed E-state index contributed by atoms with van der Waals surface area (Å²) in [5, 5.41) is 11.7. The molecule has 6 nitrogen and oxygen atoms in total. The fraction of sp³-hybridized carbons (Fsp3) is 0.250. The first-order valence-corrected chi connectivity index (χ1v) is 6.77. The van der Waals surface area contributed by atoms with Gasteiger partial charge in [0.05, 0.1) is 22.9 Å². The zero-order valence-corrected chi connectivity index (χ0v) is 12.5. The number of ether oxygens (including phenoxy) is 1. The van der Waals surface area contributed by atoms with E-state index < -0.39 is 11.9 Å². The Kier molecular flexibility index (Phi) is 4.50. The number of carboxylic acids is 1. The van der Waals surface area contributed by atoms with E-state index >= 15 is 0 Å². The molecule has 0 unspecified atom stereocenters. The number of hydrogen-bond acceptors (Lipinski definition) is 4. The van der Waals surface area contributed by atoms with Crippen molar-refractivity contribution in [2.45, 2.75) is 26.9 Å². The Morgan fingerprint density at radius 1 is 1.23 bits per heavy atom. The Hall–Kier alpha value is -2.76. The smallest absolute Gasteiger partial charge is 0.335 e. The van der Waals surface area contributed by atoms with Crippen molar-refractivity contribution < 1.29 is 23.8 Å². The monoisotopic (exact) mass is 303 g/mol. The van der Waals surface area contributed by atoms with Gasteiger partial charge in [-0.15, -0.1) is 0 Å². The molecule has 0 spiro atoms. The highest BCUT2D eigenvalue weighted by atomic mass is 16.5. The molecule has 0 aliphatic carbocycles. The molecule has 1 aromatic carbocycles. The van der Waals surface area contributed by atoms with Crippen LogP contribution in [0.25, 0.3) is 0 Å². The third-order valence-electron chi connectivity index (χ3n) is 2.83. The summed E-state index contributed by atoms with van der Waals surface area (Å²) in [7, 11) is 0. The van der Waals surface area contributed by atoms with Crippen molar-refractivity contribution >= 4 is 17.6 Å². The van der Waals surface area contributed by atoms with Crippen molar-refractivity contribution in [3.8, 4) is 5.75 Å². The van der Waals surface area contributed by atoms with Crippen LogP contribution in [0.5, 0.6) is 5.75 Å². The average molecular weight is 303 g/mol. The summed E-state index contributed by atoms with van der Waals surface area (Å²) in [6, 6.07) is 5.92. The molecule has 6 heteroatoms. The van der Waals surface area contributed by atoms with Crippen LogP contribution in [-0.4, -0.2) is 23.1 Å². The van der Waals surface area contributed by atoms with Gasteiger partial charge in [-0.05, 0) is 45.0 Å². The molecular formula is C16H17NO5. The van der Waals surface area contributed by atoms with Crippen LogP contribution in [0, 0.1) is 6.92 Å². The number of aromatic carboxylic acids is 1. The SMILES string of the molecule is Cc1cc(C(=O)Nc2cc(C(=O)O)ccc2OC(C)C)co1. The standard InChI is InChI=1S/C16H17NO5/c1-9(2)22-14-5-4-11(16(19)20)7-13(14)17-15(18)12-6-10(3)21-8-12/h4-9H,1-3H3,(H,17,18)(H,19,20). The van der Waals surface area contributed by atoms with Gasteiger partial charge in [0.2, 0.25) is 0 Å². The zero-order valence-electron chi connectivity index (χ0n) is 12.5. The van der Waals surface area contributed by atoms with Gasteiger partial charge in [-0.3, -0.25) is 4.79 Å². The van der Waals surface area contributed by atoms with E-state index in [9.17, 15) is 9.59 Å². The predicted octanol–water partition coefficient (Wildman–Crippen LogP) is 3.33. The third kappa shape index (κ3) is 3.66. The minimum Gasteiger partial charge on any atom is -0.489 e. The van der Waals surface area contributed by atoms with Gasteiger partial charge in [-0.2, -0.15) is 0 Å². The van der Waals surface area contributed by atoms with E-state index in [0.717, 1.165) is 0 Å². The average Bonchev–Trinajstić information content (AvgIpc) is 2.86. The molecule has 116 valence electrons. The number of anilines is 1. The maximum Gasteiger partial charge on any atom is 0.335 e. The largest absolute Gasteiger partial charge is 0.489 e. The van der Waals surface area contributed by atoms with Gasteiger partial charge < -0.3 is 19.6 Å². The molecule has 0 atom stereocenters. The van der Waals surface area contributed by atoms with Crippen LogP contribution in [0.4, 0.5) is 5.69 Å². The zero-order chi connectivity index (χ0) is 16.3. The van der Waals surface area contributed by atoms with E-state index in [1.54, 1.807) is 13.0 Å². The molecule has 0 aliphatic rings. The minimum atomic E-state index is -1.08. The number of nitrogens with one attached hydrogen (secondary N) is 1. The molecule has 2 N–H and O–H groups in total. The molecule has 0 radical (unpaired) electrons. The van der Waals surface area contributed by atoms with E-state index in [1.165, 1.54) is 24.5 Å². The fourth-order valence-electron chi connectivity index (χ4n) is 1.87. The van der Waals surface area contributed by atoms with Gasteiger partial charge in [0, 0.05) is 0 Å². The highest BCUT2D eigenvalue weighted by Crippen LogP contribution is 2.27. The molecule has 1 heterocycles. The van der Waals surface area contributed by atoms with Gasteiger partial charge in [-0.25, -0.2) is 4.79 Å². The summed E-state index contributed by atoms with van der Waals surface area (Å²) in [6.07, 6.45) is 1.23. The van der Waals surface area contributed by atoms with Crippen molar-refractivity contribution in [2.75, 3.05) is 5.32 Å². The number of hydrogen-bond donors (Lipinski definition) is 2. The maximum absolute atomic E-state index is 12.2. The number of carbonyl (C=O) groups excluding carboxylic acids is 1. The van der Waals surface area contributed by atoms with E-state index in [-0.39, 0.29) is 11.7 Å². The summed E-state index contributed by atoms with van der Waals surface area (Å²) in [4.78, 5) is 23.2. The molecule has 1 amide bonds. The first-order valence-electron chi connectivity index (χ1n) is 6.77. The highest BCUT2D eigenvalue weighted by Gasteiger charge is 2.15. The quantitative estimate of drug-likeness (QED) is 0.884. The van der Waals surface area contributed by atoms with E-state index in [1.807, 2.05) is 13.8 Å². The van der Waals surface area contributed by atoms with Crippen LogP contribution in [0.1, 0.15) is 40.3 Å². The number of aryl methyl sites for hydroxylation is 1. The molecule has 0 saturated carbocycles. The molecule has 0 fully saturated rings. The van der Waals surface area contributed by atoms with Crippen LogP contribution in [-0.2, 0) is 0 Å². The van der Waals surface area contributed by atoms with Crippen molar-refractivity contribution in [3.63, 3.8) is 0 Å². The molecule has 0 bridgehead atoms. The topological polar surface area (TPSA) is 88.8 Å². The van der Waals surface area contributed by atoms with Gasteiger partial charge in [0.1, 0.15) is 17.8 Å². The Morgan fingerprint density at radius 2 is 1.95 bits per heavy atom. The fourth-order valence-corrected chi connectivity index (χ4v) is 1.87. The van der Waals surface area contributed by atoms with E-state index in [2.05, 4.69) is 5.32 Å². The Labute approximate surface area is 127 Å². The van der Waals surface area contributed by atoms with Crippen LogP contribution in [0.2, 0.25) is 0 Å². The third-order valence-corrected chi connectivity index (χ3v) is 2.83. The lowest BCUT2D eigenvalue weighted by Gasteiger charge is -2.15. The highest BCUT2D eigenvalue weighted by molar-refractivity contribution is 6.05. The molecular weight excluding hydrogens is 286 g/mol. The Morgan fingerprint density at radius 3 is 2.50 bits per heavy atom. The molecule has 0 aliphatic heterocycles. The van der Waals surface area contributed by atoms with Crippen molar-refractivity contribution in [1.82, 2.24) is 0 Å². The summed E-state index contributed by atoms with van der Waals surface area (Å²) in [5.74, 6) is -0.449. The van der Waals surface area contributed by atoms with Crippen LogP contribution in [0.3, 0.4) is 0 Å². The number of rotatable bonds is 5. The van der Waals surface area contributed by atoms with Crippen LogP contribution < -0.4 is 10.1 Å². The van der Waals surface area contributed by atoms with Crippen LogP contribution in [0.15, 0.2) is 34.9 Å². The first-order chi connectivity index (χ1) is 10.4. The number of amides is 1. The second-order valence-electron chi connectivity index (χ2n) is 5.08. The number of carboxylic acid groups (broad SMARTS) is 1. The Bertz CT molecular complexity index is 702. The van der Waals surface area contributed by atoms with Gasteiger partial charge >= 0.3 is 5.97 Å². The molecule has 2 rings (SSSR count). The molecule has 2 aromatic rings. The number of carbonyl (C=O) groups is 2. The maximum atomic E-state index is 12.2. The van der Waals surface area contributed by atoms with Crippen LogP contribution >= 0.6 is 0 Å². The second-order valence-corrected chi connectivity index (χ2v) is 5.08. The lowest BCUT2D eigenvalue weighted by molar-refractivity contribution is 0.0696. The molecule has 1 aromatic heterocycles. The summed E-state index contributed by atoms with van der Waals surface area (Å²) in [5.41, 5.74) is 0.723. The number of benzene rings is 1. The predicted molar refractivity (Wildman–Crippen MR) is 80.6 cm³/mol. The summed E-state index contributed by atoms with van der Waals surface area (Å²) >= 11 is 0. The van der Waals surface area contributed by atoms with Gasteiger partial charge in [0.25, 0.3) is 5.91 Å². The first kappa shape index (κ1) is 15.6. The lowest BCUT2D eigenvalue weighted by atomic mass is 10.1. The summed E-state index contributed by atoms with van der Waals surface area (Å²) in [6.45, 7) is 5.42. The molecule has 22 heavy (non-hydrogen) atoms. The second kappa shape index (κ2) is 6.34. The van der Waals surface area contributed by atoms with E-state index in [4.69, 9.17) is 14.3 Å². The minimum absolute atomic E-state index is 0.0646. The van der Waals surface area contributed by atoms with Gasteiger partial charge in [0.15, 0.2) is 0 Å². The lowest BCUT2D eigenvalue weighted by Crippen LogP contribution is -2.14.